The Hall–Kier alpha value is -2.17. The van der Waals surface area contributed by atoms with Crippen LogP contribution in [-0.4, -0.2) is 34.3 Å². The van der Waals surface area contributed by atoms with Gasteiger partial charge >= 0.3 is 6.09 Å². The van der Waals surface area contributed by atoms with E-state index in [-0.39, 0.29) is 12.2 Å². The maximum absolute atomic E-state index is 12.3. The zero-order valence-corrected chi connectivity index (χ0v) is 13.8. The van der Waals surface area contributed by atoms with E-state index in [1.54, 1.807) is 27.7 Å². The molecule has 0 unspecified atom stereocenters. The highest BCUT2D eigenvalue weighted by atomic mass is 16.6. The topological polar surface area (TPSA) is 63.7 Å². The molecule has 120 valence electrons. The normalized spacial score (nSPS) is 13.9. The van der Waals surface area contributed by atoms with Crippen LogP contribution in [0.1, 0.15) is 40.2 Å². The number of imide groups is 1. The Morgan fingerprint density at radius 1 is 1.14 bits per heavy atom. The number of nitrogens with zero attached hydrogens (tertiary/aromatic N) is 1. The fourth-order valence-electron chi connectivity index (χ4n) is 2.04. The Kier molecular flexibility index (Phi) is 5.47. The van der Waals surface area contributed by atoms with Gasteiger partial charge in [-0.05, 0) is 40.2 Å². The van der Waals surface area contributed by atoms with E-state index in [1.165, 1.54) is 6.92 Å². The summed E-state index contributed by atoms with van der Waals surface area (Å²) in [5.41, 5.74) is -1.18. The molecule has 0 spiro atoms. The average molecular weight is 305 g/mol. The van der Waals surface area contributed by atoms with Crippen LogP contribution in [0.15, 0.2) is 30.3 Å². The van der Waals surface area contributed by atoms with Crippen LogP contribution >= 0.6 is 0 Å². The van der Waals surface area contributed by atoms with Crippen molar-refractivity contribution in [1.29, 1.82) is 0 Å². The summed E-state index contributed by atoms with van der Waals surface area (Å²) in [6.07, 6.45) is -0.226. The van der Waals surface area contributed by atoms with Crippen molar-refractivity contribution in [3.8, 4) is 0 Å². The molecule has 0 heterocycles. The number of benzene rings is 1. The number of hydrogen-bond acceptors (Lipinski definition) is 4. The van der Waals surface area contributed by atoms with E-state index in [2.05, 4.69) is 0 Å². The Bertz CT molecular complexity index is 548. The molecule has 0 aromatic heterocycles. The van der Waals surface area contributed by atoms with Crippen molar-refractivity contribution in [3.63, 3.8) is 0 Å². The Labute approximate surface area is 131 Å². The van der Waals surface area contributed by atoms with Gasteiger partial charge in [0.05, 0.1) is 0 Å². The van der Waals surface area contributed by atoms with Crippen molar-refractivity contribution in [2.45, 2.75) is 52.2 Å². The predicted octanol–water partition coefficient (Wildman–Crippen LogP) is 2.97. The van der Waals surface area contributed by atoms with Gasteiger partial charge in [0.2, 0.25) is 6.41 Å². The molecule has 1 atom stereocenters. The van der Waals surface area contributed by atoms with E-state index in [0.29, 0.717) is 6.41 Å². The summed E-state index contributed by atoms with van der Waals surface area (Å²) in [6, 6.07) is 9.24. The first kappa shape index (κ1) is 17.9. The van der Waals surface area contributed by atoms with Crippen LogP contribution in [0, 0.1) is 0 Å². The summed E-state index contributed by atoms with van der Waals surface area (Å²) >= 11 is 0. The van der Waals surface area contributed by atoms with E-state index in [4.69, 9.17) is 4.74 Å². The molecule has 0 bridgehead atoms. The van der Waals surface area contributed by atoms with Gasteiger partial charge in [0, 0.05) is 6.42 Å². The quantitative estimate of drug-likeness (QED) is 0.785. The van der Waals surface area contributed by atoms with E-state index in [0.717, 1.165) is 10.5 Å². The summed E-state index contributed by atoms with van der Waals surface area (Å²) in [7, 11) is 0. The van der Waals surface area contributed by atoms with Gasteiger partial charge in [0.15, 0.2) is 5.78 Å². The summed E-state index contributed by atoms with van der Waals surface area (Å²) < 4.78 is 5.23. The van der Waals surface area contributed by atoms with Crippen molar-refractivity contribution in [1.82, 2.24) is 4.90 Å². The molecule has 5 nitrogen and oxygen atoms in total. The van der Waals surface area contributed by atoms with Crippen molar-refractivity contribution in [2.24, 2.45) is 0 Å². The summed E-state index contributed by atoms with van der Waals surface area (Å²) in [6.45, 7) is 8.05. The van der Waals surface area contributed by atoms with Gasteiger partial charge in [-0.15, -0.1) is 0 Å². The van der Waals surface area contributed by atoms with Gasteiger partial charge in [-0.25, -0.2) is 9.69 Å². The van der Waals surface area contributed by atoms with Crippen LogP contribution in [0.5, 0.6) is 0 Å². The van der Waals surface area contributed by atoms with Gasteiger partial charge in [0.1, 0.15) is 11.1 Å². The van der Waals surface area contributed by atoms with Crippen LogP contribution < -0.4 is 0 Å². The first-order valence-corrected chi connectivity index (χ1v) is 7.13. The summed E-state index contributed by atoms with van der Waals surface area (Å²) in [5, 5.41) is 0. The third-order valence-electron chi connectivity index (χ3n) is 3.38. The van der Waals surface area contributed by atoms with Crippen LogP contribution in [-0.2, 0) is 20.7 Å². The minimum absolute atomic E-state index is 0.237. The maximum atomic E-state index is 12.3. The van der Waals surface area contributed by atoms with Gasteiger partial charge in [-0.3, -0.25) is 9.59 Å². The van der Waals surface area contributed by atoms with Crippen LogP contribution in [0.4, 0.5) is 4.79 Å². The number of ether oxygens (including phenoxy) is 1. The molecule has 2 amide bonds. The fourth-order valence-corrected chi connectivity index (χ4v) is 2.04. The maximum Gasteiger partial charge on any atom is 0.417 e. The number of amides is 2. The third kappa shape index (κ3) is 4.41. The summed E-state index contributed by atoms with van der Waals surface area (Å²) in [5.74, 6) is -0.283. The van der Waals surface area contributed by atoms with Crippen LogP contribution in [0.25, 0.3) is 0 Å². The number of rotatable bonds is 5. The monoisotopic (exact) mass is 305 g/mol. The average Bonchev–Trinajstić information content (AvgIpc) is 2.38. The lowest BCUT2D eigenvalue weighted by atomic mass is 9.88. The molecule has 22 heavy (non-hydrogen) atoms. The number of carbonyl (C=O) groups is 3. The second kappa shape index (κ2) is 6.73. The Morgan fingerprint density at radius 3 is 2.09 bits per heavy atom. The van der Waals surface area contributed by atoms with Crippen molar-refractivity contribution in [2.75, 3.05) is 0 Å². The molecule has 1 aromatic carbocycles. The molecule has 0 aliphatic carbocycles. The molecule has 0 N–H and O–H groups in total. The molecule has 0 fully saturated rings. The lowest BCUT2D eigenvalue weighted by Gasteiger charge is -2.36. The van der Waals surface area contributed by atoms with E-state index in [9.17, 15) is 14.4 Å². The van der Waals surface area contributed by atoms with E-state index >= 15 is 0 Å². The Morgan fingerprint density at radius 2 is 1.68 bits per heavy atom. The number of Topliss-reactive ketones (excluding diaryl/α,β-unsaturated/α-hetero) is 1. The molecular formula is C17H23NO4. The second-order valence-electron chi connectivity index (χ2n) is 6.45. The van der Waals surface area contributed by atoms with Gasteiger partial charge in [0.25, 0.3) is 0 Å². The lowest BCUT2D eigenvalue weighted by molar-refractivity contribution is -0.135. The Balaban J connectivity index is 3.12. The molecule has 0 saturated carbocycles. The first-order valence-electron chi connectivity index (χ1n) is 7.13. The van der Waals surface area contributed by atoms with Crippen LogP contribution in [0.2, 0.25) is 0 Å². The van der Waals surface area contributed by atoms with Gasteiger partial charge in [-0.2, -0.15) is 0 Å². The highest BCUT2D eigenvalue weighted by Crippen LogP contribution is 2.23. The van der Waals surface area contributed by atoms with Gasteiger partial charge in [-0.1, -0.05) is 30.3 Å². The summed E-state index contributed by atoms with van der Waals surface area (Å²) in [4.78, 5) is 36.7. The molecule has 5 heteroatoms. The fraction of sp³-hybridized carbons (Fsp3) is 0.471. The lowest BCUT2D eigenvalue weighted by Crippen LogP contribution is -2.56. The standard InChI is InChI=1S/C17H23NO4/c1-13(20)17(5,11-14-9-7-6-8-10-14)18(12-19)15(21)22-16(2,3)4/h6-10,12H,11H2,1-5H3/t17-/m1/s1. The minimum Gasteiger partial charge on any atom is -0.443 e. The van der Waals surface area contributed by atoms with Crippen molar-refractivity contribution < 1.29 is 19.1 Å². The highest BCUT2D eigenvalue weighted by molar-refractivity contribution is 5.94. The smallest absolute Gasteiger partial charge is 0.417 e. The third-order valence-corrected chi connectivity index (χ3v) is 3.38. The zero-order valence-electron chi connectivity index (χ0n) is 13.8. The molecule has 0 aliphatic heterocycles. The predicted molar refractivity (Wildman–Crippen MR) is 83.4 cm³/mol. The zero-order chi connectivity index (χ0) is 17.0. The first-order chi connectivity index (χ1) is 10.1. The minimum atomic E-state index is -1.29. The van der Waals surface area contributed by atoms with Gasteiger partial charge < -0.3 is 4.74 Å². The van der Waals surface area contributed by atoms with E-state index < -0.39 is 17.2 Å². The highest BCUT2D eigenvalue weighted by Gasteiger charge is 2.41. The number of carbonyl (C=O) groups excluding carboxylic acids is 3. The molecule has 0 saturated heterocycles. The molecule has 0 radical (unpaired) electrons. The molecule has 0 aliphatic rings. The largest absolute Gasteiger partial charge is 0.443 e. The molecule has 1 aromatic rings. The van der Waals surface area contributed by atoms with Crippen molar-refractivity contribution in [3.05, 3.63) is 35.9 Å². The number of hydrogen-bond donors (Lipinski definition) is 0. The second-order valence-corrected chi connectivity index (χ2v) is 6.45. The molecule has 1 rings (SSSR count). The van der Waals surface area contributed by atoms with Crippen molar-refractivity contribution >= 4 is 18.3 Å². The van der Waals surface area contributed by atoms with Crippen LogP contribution in [0.3, 0.4) is 0 Å². The SMILES string of the molecule is CC(=O)[C@@](C)(Cc1ccccc1)N(C=O)C(=O)OC(C)(C)C. The molecular weight excluding hydrogens is 282 g/mol. The van der Waals surface area contributed by atoms with E-state index in [1.807, 2.05) is 30.3 Å². The number of ketones is 1.